The number of halogens is 3. The molecule has 1 atom stereocenters. The molecule has 0 saturated carbocycles. The maximum absolute atomic E-state index is 12.6. The van der Waals surface area contributed by atoms with Crippen LogP contribution in [0.1, 0.15) is 40.0 Å². The van der Waals surface area contributed by atoms with Gasteiger partial charge in [0.1, 0.15) is 5.75 Å². The Balaban J connectivity index is 2.16. The van der Waals surface area contributed by atoms with E-state index < -0.39 is 17.6 Å². The Morgan fingerprint density at radius 3 is 2.29 bits per heavy atom. The van der Waals surface area contributed by atoms with Crippen LogP contribution in [0.25, 0.3) is 0 Å². The van der Waals surface area contributed by atoms with E-state index in [1.54, 1.807) is 14.0 Å². The highest BCUT2D eigenvalue weighted by Crippen LogP contribution is 2.29. The molecule has 0 radical (unpaired) electrons. The highest BCUT2D eigenvalue weighted by Gasteiger charge is 2.30. The van der Waals surface area contributed by atoms with E-state index in [9.17, 15) is 18.0 Å². The first-order valence-electron chi connectivity index (χ1n) is 7.35. The lowest BCUT2D eigenvalue weighted by molar-refractivity contribution is -0.137. The van der Waals surface area contributed by atoms with E-state index in [0.717, 1.165) is 23.3 Å². The van der Waals surface area contributed by atoms with E-state index in [1.165, 1.54) is 12.1 Å². The lowest BCUT2D eigenvalue weighted by Crippen LogP contribution is -2.27. The third-order valence-corrected chi connectivity index (χ3v) is 3.67. The predicted octanol–water partition coefficient (Wildman–Crippen LogP) is 4.51. The van der Waals surface area contributed by atoms with E-state index in [1.807, 2.05) is 25.1 Å². The molecule has 0 unspecified atom stereocenters. The summed E-state index contributed by atoms with van der Waals surface area (Å²) in [7, 11) is 1.54. The van der Waals surface area contributed by atoms with Crippen LogP contribution in [0.2, 0.25) is 0 Å². The van der Waals surface area contributed by atoms with E-state index >= 15 is 0 Å². The molecule has 2 rings (SSSR count). The third-order valence-electron chi connectivity index (χ3n) is 3.67. The van der Waals surface area contributed by atoms with Crippen molar-refractivity contribution >= 4 is 5.91 Å². The molecule has 1 amide bonds. The molecule has 0 fully saturated rings. The summed E-state index contributed by atoms with van der Waals surface area (Å²) in [6.45, 7) is 3.71. The van der Waals surface area contributed by atoms with Crippen molar-refractivity contribution in [2.24, 2.45) is 0 Å². The van der Waals surface area contributed by atoms with Crippen molar-refractivity contribution in [2.45, 2.75) is 26.1 Å². The number of carbonyl (C=O) groups excluding carboxylic acids is 1. The number of aryl methyl sites for hydroxylation is 1. The Hall–Kier alpha value is -2.50. The number of rotatable bonds is 4. The van der Waals surface area contributed by atoms with Gasteiger partial charge < -0.3 is 10.1 Å². The second-order valence-corrected chi connectivity index (χ2v) is 5.52. The van der Waals surface area contributed by atoms with Crippen LogP contribution in [0.4, 0.5) is 13.2 Å². The molecule has 1 N–H and O–H groups in total. The van der Waals surface area contributed by atoms with Gasteiger partial charge in [-0.15, -0.1) is 0 Å². The third kappa shape index (κ3) is 4.07. The molecule has 0 aliphatic carbocycles. The molecule has 0 bridgehead atoms. The second kappa shape index (κ2) is 6.95. The highest BCUT2D eigenvalue weighted by atomic mass is 19.4. The normalized spacial score (nSPS) is 12.6. The number of methoxy groups -OCH3 is 1. The fourth-order valence-corrected chi connectivity index (χ4v) is 2.36. The van der Waals surface area contributed by atoms with Crippen molar-refractivity contribution in [1.29, 1.82) is 0 Å². The average molecular weight is 337 g/mol. The van der Waals surface area contributed by atoms with Crippen LogP contribution in [-0.2, 0) is 6.18 Å². The molecule has 0 saturated heterocycles. The van der Waals surface area contributed by atoms with E-state index in [-0.39, 0.29) is 11.6 Å². The van der Waals surface area contributed by atoms with Gasteiger partial charge in [0.05, 0.1) is 18.7 Å². The molecule has 24 heavy (non-hydrogen) atoms. The number of amides is 1. The molecule has 0 spiro atoms. The van der Waals surface area contributed by atoms with Crippen LogP contribution in [-0.4, -0.2) is 13.0 Å². The molecule has 3 nitrogen and oxygen atoms in total. The van der Waals surface area contributed by atoms with Gasteiger partial charge in [0.25, 0.3) is 5.91 Å². The molecule has 0 heterocycles. The van der Waals surface area contributed by atoms with Crippen LogP contribution < -0.4 is 10.1 Å². The van der Waals surface area contributed by atoms with Crippen molar-refractivity contribution in [3.63, 3.8) is 0 Å². The van der Waals surface area contributed by atoms with Gasteiger partial charge in [-0.25, -0.2) is 0 Å². The number of nitrogens with one attached hydrogen (secondary N) is 1. The van der Waals surface area contributed by atoms with Crippen molar-refractivity contribution in [3.8, 4) is 5.75 Å². The van der Waals surface area contributed by atoms with Crippen LogP contribution in [0.15, 0.2) is 42.5 Å². The van der Waals surface area contributed by atoms with Gasteiger partial charge in [-0.05, 0) is 44.2 Å². The predicted molar refractivity (Wildman–Crippen MR) is 85.1 cm³/mol. The van der Waals surface area contributed by atoms with Crippen LogP contribution in [0.5, 0.6) is 5.75 Å². The number of hydrogen-bond acceptors (Lipinski definition) is 2. The first-order chi connectivity index (χ1) is 11.2. The van der Waals surface area contributed by atoms with Gasteiger partial charge in [0.2, 0.25) is 0 Å². The number of hydrogen-bond donors (Lipinski definition) is 1. The molecule has 2 aromatic rings. The van der Waals surface area contributed by atoms with Gasteiger partial charge in [-0.1, -0.05) is 17.7 Å². The summed E-state index contributed by atoms with van der Waals surface area (Å²) in [6.07, 6.45) is -4.42. The number of ether oxygens (including phenoxy) is 1. The average Bonchev–Trinajstić information content (AvgIpc) is 2.54. The molecule has 0 aromatic heterocycles. The SMILES string of the molecule is COc1ccc(C)cc1[C@@H](C)NC(=O)c1ccc(C(F)(F)F)cc1. The second-order valence-electron chi connectivity index (χ2n) is 5.52. The summed E-state index contributed by atoms with van der Waals surface area (Å²) in [4.78, 5) is 12.2. The minimum Gasteiger partial charge on any atom is -0.496 e. The Labute approximate surface area is 138 Å². The summed E-state index contributed by atoms with van der Waals surface area (Å²) in [5.41, 5.74) is 1.20. The zero-order valence-corrected chi connectivity index (χ0v) is 13.6. The van der Waals surface area contributed by atoms with Crippen LogP contribution >= 0.6 is 0 Å². The van der Waals surface area contributed by atoms with E-state index in [2.05, 4.69) is 5.32 Å². The molecular weight excluding hydrogens is 319 g/mol. The Kier molecular flexibility index (Phi) is 5.17. The monoisotopic (exact) mass is 337 g/mol. The zero-order chi connectivity index (χ0) is 17.9. The Bertz CT molecular complexity index is 724. The molecule has 6 heteroatoms. The van der Waals surface area contributed by atoms with Gasteiger partial charge in [-0.2, -0.15) is 13.2 Å². The molecule has 0 aliphatic rings. The lowest BCUT2D eigenvalue weighted by atomic mass is 10.0. The quantitative estimate of drug-likeness (QED) is 0.891. The van der Waals surface area contributed by atoms with Crippen LogP contribution in [0, 0.1) is 6.92 Å². The van der Waals surface area contributed by atoms with Crippen molar-refractivity contribution in [2.75, 3.05) is 7.11 Å². The smallest absolute Gasteiger partial charge is 0.416 e. The summed E-state index contributed by atoms with van der Waals surface area (Å²) in [5, 5.41) is 2.77. The maximum Gasteiger partial charge on any atom is 0.416 e. The molecule has 2 aromatic carbocycles. The lowest BCUT2D eigenvalue weighted by Gasteiger charge is -2.18. The fourth-order valence-electron chi connectivity index (χ4n) is 2.36. The molecule has 128 valence electrons. The number of carbonyl (C=O) groups is 1. The van der Waals surface area contributed by atoms with Gasteiger partial charge in [-0.3, -0.25) is 4.79 Å². The van der Waals surface area contributed by atoms with E-state index in [4.69, 9.17) is 4.74 Å². The maximum atomic E-state index is 12.6. The largest absolute Gasteiger partial charge is 0.496 e. The van der Waals surface area contributed by atoms with Crippen molar-refractivity contribution < 1.29 is 22.7 Å². The molecular formula is C18H18F3NO2. The standard InChI is InChI=1S/C18H18F3NO2/c1-11-4-9-16(24-3)15(10-11)12(2)22-17(23)13-5-7-14(8-6-13)18(19,20)21/h4-10,12H,1-3H3,(H,22,23)/t12-/m1/s1. The van der Waals surface area contributed by atoms with Crippen LogP contribution in [0.3, 0.4) is 0 Å². The topological polar surface area (TPSA) is 38.3 Å². The first kappa shape index (κ1) is 17.8. The summed E-state index contributed by atoms with van der Waals surface area (Å²) < 4.78 is 43.0. The highest BCUT2D eigenvalue weighted by molar-refractivity contribution is 5.94. The Morgan fingerprint density at radius 2 is 1.75 bits per heavy atom. The molecule has 0 aliphatic heterocycles. The summed E-state index contributed by atoms with van der Waals surface area (Å²) in [6, 6.07) is 9.38. The zero-order valence-electron chi connectivity index (χ0n) is 13.6. The summed E-state index contributed by atoms with van der Waals surface area (Å²) >= 11 is 0. The van der Waals surface area contributed by atoms with Crippen molar-refractivity contribution in [1.82, 2.24) is 5.32 Å². The number of benzene rings is 2. The number of alkyl halides is 3. The van der Waals surface area contributed by atoms with E-state index in [0.29, 0.717) is 5.75 Å². The minimum atomic E-state index is -4.42. The van der Waals surface area contributed by atoms with Gasteiger partial charge in [0, 0.05) is 11.1 Å². The van der Waals surface area contributed by atoms with Crippen molar-refractivity contribution in [3.05, 3.63) is 64.7 Å². The Morgan fingerprint density at radius 1 is 1.12 bits per heavy atom. The van der Waals surface area contributed by atoms with Gasteiger partial charge >= 0.3 is 6.18 Å². The summed E-state index contributed by atoms with van der Waals surface area (Å²) in [5.74, 6) is 0.195. The minimum absolute atomic E-state index is 0.168. The first-order valence-corrected chi connectivity index (χ1v) is 7.35. The fraction of sp³-hybridized carbons (Fsp3) is 0.278. The van der Waals surface area contributed by atoms with Gasteiger partial charge in [0.15, 0.2) is 0 Å².